The number of nitrogens with one attached hydrogen (secondary N) is 2. The van der Waals surface area contributed by atoms with Gasteiger partial charge in [-0.05, 0) is 19.4 Å². The van der Waals surface area contributed by atoms with Gasteiger partial charge in [0.2, 0.25) is 5.91 Å². The summed E-state index contributed by atoms with van der Waals surface area (Å²) >= 11 is 0. The first-order chi connectivity index (χ1) is 11.5. The van der Waals surface area contributed by atoms with Crippen molar-refractivity contribution in [2.45, 2.75) is 32.5 Å². The van der Waals surface area contributed by atoms with Crippen LogP contribution < -0.4 is 10.6 Å². The number of aliphatic hydroxyl groups excluding tert-OH is 1. The van der Waals surface area contributed by atoms with Crippen LogP contribution in [0.1, 0.15) is 19.4 Å². The topological polar surface area (TPSA) is 114 Å². The van der Waals surface area contributed by atoms with Gasteiger partial charge in [0.15, 0.2) is 0 Å². The third-order valence-corrected chi connectivity index (χ3v) is 3.00. The van der Waals surface area contributed by atoms with Crippen LogP contribution in [0.2, 0.25) is 0 Å². The molecule has 2 atom stereocenters. The molecule has 1 rings (SSSR count). The van der Waals surface area contributed by atoms with E-state index in [-0.39, 0.29) is 13.2 Å². The molecule has 24 heavy (non-hydrogen) atoms. The first-order valence-electron chi connectivity index (χ1n) is 7.53. The van der Waals surface area contributed by atoms with Gasteiger partial charge in [0.1, 0.15) is 18.7 Å². The highest BCUT2D eigenvalue weighted by atomic mass is 16.5. The van der Waals surface area contributed by atoms with Crippen molar-refractivity contribution in [3.05, 3.63) is 35.9 Å². The van der Waals surface area contributed by atoms with Gasteiger partial charge >= 0.3 is 12.1 Å². The molecule has 0 saturated carbocycles. The SMILES string of the molecule is CCOC(=O)[C@H](C)NC(=O)[C@H](CO)NC(=O)OCc1ccccc1. The zero-order chi connectivity index (χ0) is 17.9. The Kier molecular flexibility index (Phi) is 8.28. The van der Waals surface area contributed by atoms with Gasteiger partial charge in [0.25, 0.3) is 0 Å². The predicted molar refractivity (Wildman–Crippen MR) is 84.9 cm³/mol. The number of hydrogen-bond acceptors (Lipinski definition) is 6. The predicted octanol–water partition coefficient (Wildman–Crippen LogP) is 0.342. The van der Waals surface area contributed by atoms with E-state index in [0.717, 1.165) is 5.56 Å². The molecule has 0 aliphatic heterocycles. The number of carbonyl (C=O) groups is 3. The first-order valence-corrected chi connectivity index (χ1v) is 7.53. The van der Waals surface area contributed by atoms with Crippen molar-refractivity contribution in [3.63, 3.8) is 0 Å². The minimum absolute atomic E-state index is 0.0334. The molecule has 0 bridgehead atoms. The zero-order valence-corrected chi connectivity index (χ0v) is 13.7. The van der Waals surface area contributed by atoms with Crippen LogP contribution in [0, 0.1) is 0 Å². The molecule has 1 aromatic carbocycles. The van der Waals surface area contributed by atoms with Crippen LogP contribution >= 0.6 is 0 Å². The summed E-state index contributed by atoms with van der Waals surface area (Å²) in [5.74, 6) is -1.32. The summed E-state index contributed by atoms with van der Waals surface area (Å²) in [4.78, 5) is 35.1. The van der Waals surface area contributed by atoms with Gasteiger partial charge in [0.05, 0.1) is 13.2 Å². The Hall–Kier alpha value is -2.61. The molecule has 0 aliphatic carbocycles. The lowest BCUT2D eigenvalue weighted by molar-refractivity contribution is -0.147. The molecule has 1 aromatic rings. The van der Waals surface area contributed by atoms with E-state index < -0.39 is 36.7 Å². The fraction of sp³-hybridized carbons (Fsp3) is 0.438. The summed E-state index contributed by atoms with van der Waals surface area (Å²) in [6.07, 6.45) is -0.850. The number of hydrogen-bond donors (Lipinski definition) is 3. The second-order valence-electron chi connectivity index (χ2n) is 4.92. The van der Waals surface area contributed by atoms with Gasteiger partial charge < -0.3 is 25.2 Å². The van der Waals surface area contributed by atoms with E-state index in [4.69, 9.17) is 9.47 Å². The number of alkyl carbamates (subject to hydrolysis) is 1. The highest BCUT2D eigenvalue weighted by molar-refractivity contribution is 5.89. The molecule has 8 nitrogen and oxygen atoms in total. The van der Waals surface area contributed by atoms with Crippen LogP contribution in [0.25, 0.3) is 0 Å². The minimum Gasteiger partial charge on any atom is -0.464 e. The minimum atomic E-state index is -1.23. The van der Waals surface area contributed by atoms with E-state index in [1.54, 1.807) is 31.2 Å². The standard InChI is InChI=1S/C16H22N2O6/c1-3-23-15(21)11(2)17-14(20)13(9-19)18-16(22)24-10-12-7-5-4-6-8-12/h4-8,11,13,19H,3,9-10H2,1-2H3,(H,17,20)(H,18,22)/t11-,13-/m0/s1. The molecule has 0 unspecified atom stereocenters. The molecule has 0 spiro atoms. The molecule has 8 heteroatoms. The summed E-state index contributed by atoms with van der Waals surface area (Å²) in [6, 6.07) is 6.88. The monoisotopic (exact) mass is 338 g/mol. The summed E-state index contributed by atoms with van der Waals surface area (Å²) in [6.45, 7) is 2.67. The number of amides is 2. The molecule has 0 heterocycles. The van der Waals surface area contributed by atoms with Crippen LogP contribution in [0.3, 0.4) is 0 Å². The Labute approximate surface area is 140 Å². The maximum absolute atomic E-state index is 12.0. The Morgan fingerprint density at radius 1 is 1.12 bits per heavy atom. The zero-order valence-electron chi connectivity index (χ0n) is 13.7. The number of carbonyl (C=O) groups excluding carboxylic acids is 3. The van der Waals surface area contributed by atoms with Gasteiger partial charge in [-0.3, -0.25) is 4.79 Å². The molecule has 3 N–H and O–H groups in total. The number of esters is 1. The van der Waals surface area contributed by atoms with Crippen LogP contribution in [0.15, 0.2) is 30.3 Å². The maximum atomic E-state index is 12.0. The Bertz CT molecular complexity index is 549. The Balaban J connectivity index is 2.45. The fourth-order valence-corrected chi connectivity index (χ4v) is 1.74. The van der Waals surface area contributed by atoms with Gasteiger partial charge in [-0.2, -0.15) is 0 Å². The molecule has 0 aliphatic rings. The normalized spacial score (nSPS) is 12.6. The number of rotatable bonds is 8. The third kappa shape index (κ3) is 6.66. The lowest BCUT2D eigenvalue weighted by Crippen LogP contribution is -2.52. The van der Waals surface area contributed by atoms with E-state index in [1.165, 1.54) is 6.92 Å². The summed E-state index contributed by atoms with van der Waals surface area (Å²) in [5.41, 5.74) is 0.786. The van der Waals surface area contributed by atoms with Crippen molar-refractivity contribution >= 4 is 18.0 Å². The van der Waals surface area contributed by atoms with E-state index in [0.29, 0.717) is 0 Å². The number of benzene rings is 1. The lowest BCUT2D eigenvalue weighted by atomic mass is 10.2. The molecule has 0 fully saturated rings. The molecule has 132 valence electrons. The lowest BCUT2D eigenvalue weighted by Gasteiger charge is -2.18. The Morgan fingerprint density at radius 3 is 2.38 bits per heavy atom. The summed E-state index contributed by atoms with van der Waals surface area (Å²) in [5, 5.41) is 13.8. The van der Waals surface area contributed by atoms with Crippen LogP contribution in [-0.4, -0.2) is 48.4 Å². The van der Waals surface area contributed by atoms with E-state index in [9.17, 15) is 19.5 Å². The van der Waals surface area contributed by atoms with Gasteiger partial charge in [0, 0.05) is 0 Å². The van der Waals surface area contributed by atoms with Crippen molar-refractivity contribution in [1.29, 1.82) is 0 Å². The van der Waals surface area contributed by atoms with Crippen molar-refractivity contribution < 1.29 is 29.0 Å². The highest BCUT2D eigenvalue weighted by Crippen LogP contribution is 2.01. The fourth-order valence-electron chi connectivity index (χ4n) is 1.74. The van der Waals surface area contributed by atoms with Crippen molar-refractivity contribution in [1.82, 2.24) is 10.6 Å². The third-order valence-electron chi connectivity index (χ3n) is 3.00. The quantitative estimate of drug-likeness (QED) is 0.589. The molecular formula is C16H22N2O6. The van der Waals surface area contributed by atoms with Crippen LogP contribution in [-0.2, 0) is 25.7 Å². The van der Waals surface area contributed by atoms with Gasteiger partial charge in [-0.1, -0.05) is 30.3 Å². The van der Waals surface area contributed by atoms with Crippen LogP contribution in [0.4, 0.5) is 4.79 Å². The molecule has 0 radical (unpaired) electrons. The highest BCUT2D eigenvalue weighted by Gasteiger charge is 2.24. The summed E-state index contributed by atoms with van der Waals surface area (Å²) < 4.78 is 9.73. The van der Waals surface area contributed by atoms with E-state index >= 15 is 0 Å². The largest absolute Gasteiger partial charge is 0.464 e. The van der Waals surface area contributed by atoms with Gasteiger partial charge in [-0.25, -0.2) is 9.59 Å². The van der Waals surface area contributed by atoms with Crippen molar-refractivity contribution in [2.75, 3.05) is 13.2 Å². The smallest absolute Gasteiger partial charge is 0.408 e. The van der Waals surface area contributed by atoms with Crippen LogP contribution in [0.5, 0.6) is 0 Å². The van der Waals surface area contributed by atoms with Gasteiger partial charge in [-0.15, -0.1) is 0 Å². The number of ether oxygens (including phenoxy) is 2. The first kappa shape index (κ1) is 19.4. The average Bonchev–Trinajstić information content (AvgIpc) is 2.58. The second kappa shape index (κ2) is 10.2. The molecule has 2 amide bonds. The van der Waals surface area contributed by atoms with Crippen molar-refractivity contribution in [2.24, 2.45) is 0 Å². The van der Waals surface area contributed by atoms with E-state index in [1.807, 2.05) is 6.07 Å². The second-order valence-corrected chi connectivity index (χ2v) is 4.92. The average molecular weight is 338 g/mol. The summed E-state index contributed by atoms with van der Waals surface area (Å²) in [7, 11) is 0. The maximum Gasteiger partial charge on any atom is 0.408 e. The Morgan fingerprint density at radius 2 is 1.79 bits per heavy atom. The number of aliphatic hydroxyl groups is 1. The molecule has 0 aromatic heterocycles. The van der Waals surface area contributed by atoms with Crippen molar-refractivity contribution in [3.8, 4) is 0 Å². The molecular weight excluding hydrogens is 316 g/mol. The van der Waals surface area contributed by atoms with E-state index in [2.05, 4.69) is 10.6 Å². The molecule has 0 saturated heterocycles.